The average Bonchev–Trinajstić information content (AvgIpc) is 2.54. The number of aliphatic hydroxyl groups is 1. The number of piperidine rings is 1. The molecule has 10 heteroatoms. The molecule has 1 fully saturated rings. The molecule has 0 spiro atoms. The number of aliphatic hydroxyl groups excluding tert-OH is 1. The minimum Gasteiger partial charge on any atom is -0.394 e. The van der Waals surface area contributed by atoms with E-state index in [9.17, 15) is 10.1 Å². The monoisotopic (exact) mass is 340 g/mol. The summed E-state index contributed by atoms with van der Waals surface area (Å²) in [6.45, 7) is 4.56. The molecule has 0 aliphatic carbocycles. The van der Waals surface area contributed by atoms with Crippen LogP contribution in [0.3, 0.4) is 0 Å². The number of nitro groups is 1. The van der Waals surface area contributed by atoms with Crippen molar-refractivity contribution in [3.8, 4) is 0 Å². The Hall–Kier alpha value is -2.20. The lowest BCUT2D eigenvalue weighted by atomic mass is 9.99. The van der Waals surface area contributed by atoms with Crippen LogP contribution in [0, 0.1) is 16.0 Å². The number of hydrogen-bond acceptors (Lipinski definition) is 9. The summed E-state index contributed by atoms with van der Waals surface area (Å²) < 4.78 is 5.14. The minimum absolute atomic E-state index is 0.0431. The number of anilines is 3. The van der Waals surface area contributed by atoms with E-state index in [2.05, 4.69) is 22.2 Å². The molecule has 1 aromatic rings. The van der Waals surface area contributed by atoms with E-state index in [1.165, 1.54) is 0 Å². The molecule has 0 amide bonds. The second kappa shape index (κ2) is 8.60. The van der Waals surface area contributed by atoms with Gasteiger partial charge in [0.2, 0.25) is 17.6 Å². The minimum atomic E-state index is -0.531. The number of ether oxygens (including phenoxy) is 1. The van der Waals surface area contributed by atoms with Crippen molar-refractivity contribution in [1.29, 1.82) is 0 Å². The Labute approximate surface area is 140 Å². The van der Waals surface area contributed by atoms with E-state index in [0.717, 1.165) is 12.8 Å². The number of nitrogens with zero attached hydrogens (tertiary/aromatic N) is 4. The van der Waals surface area contributed by atoms with E-state index in [4.69, 9.17) is 15.6 Å². The van der Waals surface area contributed by atoms with Crippen LogP contribution >= 0.6 is 0 Å². The molecule has 24 heavy (non-hydrogen) atoms. The first-order chi connectivity index (χ1) is 11.5. The predicted molar refractivity (Wildman–Crippen MR) is 90.1 cm³/mol. The molecular weight excluding hydrogens is 316 g/mol. The summed E-state index contributed by atoms with van der Waals surface area (Å²) in [4.78, 5) is 21.0. The van der Waals surface area contributed by atoms with Crippen molar-refractivity contribution in [2.45, 2.75) is 19.8 Å². The SMILES string of the molecule is CC1CCN(c2nc(NCCOCCO)nc(N)c2[N+](=O)[O-])CC1. The van der Waals surface area contributed by atoms with E-state index in [0.29, 0.717) is 32.2 Å². The van der Waals surface area contributed by atoms with E-state index in [1.54, 1.807) is 0 Å². The molecule has 1 saturated heterocycles. The summed E-state index contributed by atoms with van der Waals surface area (Å²) in [5, 5.41) is 22.9. The predicted octanol–water partition coefficient (Wildman–Crippen LogP) is 0.624. The first-order valence-corrected chi connectivity index (χ1v) is 8.02. The number of nitrogens with two attached hydrogens (primary N) is 1. The molecule has 134 valence electrons. The van der Waals surface area contributed by atoms with E-state index >= 15 is 0 Å². The van der Waals surface area contributed by atoms with E-state index < -0.39 is 4.92 Å². The van der Waals surface area contributed by atoms with Crippen molar-refractivity contribution in [3.05, 3.63) is 10.1 Å². The highest BCUT2D eigenvalue weighted by Crippen LogP contribution is 2.34. The fourth-order valence-electron chi connectivity index (χ4n) is 2.56. The molecule has 1 aromatic heterocycles. The van der Waals surface area contributed by atoms with Crippen molar-refractivity contribution >= 4 is 23.3 Å². The molecule has 2 heterocycles. The maximum atomic E-state index is 11.3. The molecule has 1 aliphatic heterocycles. The van der Waals surface area contributed by atoms with E-state index in [-0.39, 0.29) is 36.5 Å². The van der Waals surface area contributed by atoms with Crippen LogP contribution in [0.4, 0.5) is 23.3 Å². The second-order valence-corrected chi connectivity index (χ2v) is 5.79. The van der Waals surface area contributed by atoms with Gasteiger partial charge in [0, 0.05) is 19.6 Å². The van der Waals surface area contributed by atoms with Crippen LogP contribution in [-0.4, -0.2) is 59.5 Å². The zero-order valence-electron chi connectivity index (χ0n) is 13.8. The summed E-state index contributed by atoms with van der Waals surface area (Å²) >= 11 is 0. The van der Waals surface area contributed by atoms with Gasteiger partial charge in [-0.15, -0.1) is 0 Å². The summed E-state index contributed by atoms with van der Waals surface area (Å²) in [6.07, 6.45) is 1.91. The summed E-state index contributed by atoms with van der Waals surface area (Å²) in [5.74, 6) is 0.945. The zero-order chi connectivity index (χ0) is 17.5. The van der Waals surface area contributed by atoms with Gasteiger partial charge >= 0.3 is 5.69 Å². The van der Waals surface area contributed by atoms with Crippen LogP contribution in [0.2, 0.25) is 0 Å². The molecule has 4 N–H and O–H groups in total. The van der Waals surface area contributed by atoms with Gasteiger partial charge in [-0.05, 0) is 18.8 Å². The zero-order valence-corrected chi connectivity index (χ0v) is 13.8. The van der Waals surface area contributed by atoms with Crippen molar-refractivity contribution in [2.75, 3.05) is 55.4 Å². The largest absolute Gasteiger partial charge is 0.394 e. The second-order valence-electron chi connectivity index (χ2n) is 5.79. The van der Waals surface area contributed by atoms with Gasteiger partial charge in [-0.3, -0.25) is 10.1 Å². The lowest BCUT2D eigenvalue weighted by Gasteiger charge is -2.31. The maximum absolute atomic E-state index is 11.3. The van der Waals surface area contributed by atoms with Gasteiger partial charge in [0.15, 0.2) is 0 Å². The van der Waals surface area contributed by atoms with Crippen LogP contribution in [-0.2, 0) is 4.74 Å². The number of aromatic nitrogens is 2. The molecule has 10 nitrogen and oxygen atoms in total. The molecule has 1 aliphatic rings. The fraction of sp³-hybridized carbons (Fsp3) is 0.714. The number of nitrogens with one attached hydrogen (secondary N) is 1. The maximum Gasteiger partial charge on any atom is 0.353 e. The molecular formula is C14H24N6O4. The van der Waals surface area contributed by atoms with Crippen molar-refractivity contribution in [3.63, 3.8) is 0 Å². The highest BCUT2D eigenvalue weighted by Gasteiger charge is 2.29. The van der Waals surface area contributed by atoms with Crippen molar-refractivity contribution in [1.82, 2.24) is 9.97 Å². The highest BCUT2D eigenvalue weighted by molar-refractivity contribution is 5.71. The lowest BCUT2D eigenvalue weighted by Crippen LogP contribution is -2.34. The van der Waals surface area contributed by atoms with Gasteiger partial charge < -0.3 is 25.8 Å². The molecule has 0 aromatic carbocycles. The molecule has 0 unspecified atom stereocenters. The number of nitrogen functional groups attached to an aromatic ring is 1. The summed E-state index contributed by atoms with van der Waals surface area (Å²) in [6, 6.07) is 0. The van der Waals surface area contributed by atoms with Crippen LogP contribution in [0.5, 0.6) is 0 Å². The van der Waals surface area contributed by atoms with Gasteiger partial charge in [0.1, 0.15) is 0 Å². The van der Waals surface area contributed by atoms with Crippen molar-refractivity contribution in [2.24, 2.45) is 5.92 Å². The number of hydrogen-bond donors (Lipinski definition) is 3. The first-order valence-electron chi connectivity index (χ1n) is 8.02. The first kappa shape index (κ1) is 18.1. The number of rotatable bonds is 8. The molecule has 0 radical (unpaired) electrons. The third kappa shape index (κ3) is 4.65. The van der Waals surface area contributed by atoms with Gasteiger partial charge in [0.05, 0.1) is 24.7 Å². The topological polar surface area (TPSA) is 140 Å². The average molecular weight is 340 g/mol. The smallest absolute Gasteiger partial charge is 0.353 e. The lowest BCUT2D eigenvalue weighted by molar-refractivity contribution is -0.383. The molecule has 2 rings (SSSR count). The Morgan fingerprint density at radius 2 is 2.12 bits per heavy atom. The fourth-order valence-corrected chi connectivity index (χ4v) is 2.56. The molecule has 0 bridgehead atoms. The van der Waals surface area contributed by atoms with Gasteiger partial charge in [-0.2, -0.15) is 9.97 Å². The Kier molecular flexibility index (Phi) is 6.50. The van der Waals surface area contributed by atoms with Crippen LogP contribution in [0.1, 0.15) is 19.8 Å². The quantitative estimate of drug-likeness (QED) is 0.353. The summed E-state index contributed by atoms with van der Waals surface area (Å²) in [7, 11) is 0. The Morgan fingerprint density at radius 3 is 2.75 bits per heavy atom. The molecule has 0 atom stereocenters. The van der Waals surface area contributed by atoms with Crippen LogP contribution in [0.25, 0.3) is 0 Å². The van der Waals surface area contributed by atoms with E-state index in [1.807, 2.05) is 4.90 Å². The Balaban J connectivity index is 2.14. The third-order valence-electron chi connectivity index (χ3n) is 3.92. The highest BCUT2D eigenvalue weighted by atomic mass is 16.6. The Morgan fingerprint density at radius 1 is 1.42 bits per heavy atom. The van der Waals surface area contributed by atoms with Crippen LogP contribution in [0.15, 0.2) is 0 Å². The molecule has 0 saturated carbocycles. The van der Waals surface area contributed by atoms with Crippen molar-refractivity contribution < 1.29 is 14.8 Å². The van der Waals surface area contributed by atoms with Gasteiger partial charge in [-0.25, -0.2) is 0 Å². The van der Waals surface area contributed by atoms with Crippen LogP contribution < -0.4 is 16.0 Å². The Bertz CT molecular complexity index is 562. The standard InChI is InChI=1S/C14H24N6O4/c1-10-2-5-19(6-3-10)13-11(20(22)23)12(15)17-14(18-13)16-4-8-24-9-7-21/h10,21H,2-9H2,1H3,(H3,15,16,17,18). The normalized spacial score (nSPS) is 15.5. The summed E-state index contributed by atoms with van der Waals surface area (Å²) in [5.41, 5.74) is 5.54. The van der Waals surface area contributed by atoms with Gasteiger partial charge in [0.25, 0.3) is 0 Å². The van der Waals surface area contributed by atoms with Gasteiger partial charge in [-0.1, -0.05) is 6.92 Å². The third-order valence-corrected chi connectivity index (χ3v) is 3.92.